The van der Waals surface area contributed by atoms with E-state index in [1.807, 2.05) is 45.4 Å². The van der Waals surface area contributed by atoms with E-state index in [4.69, 9.17) is 0 Å². The molecule has 5 aromatic rings. The molecule has 2 aliphatic carbocycles. The molecule has 3 N–H and O–H groups in total. The highest BCUT2D eigenvalue weighted by Crippen LogP contribution is 2.34. The molecule has 230 valence electrons. The molecule has 0 unspecified atom stereocenters. The molecule has 0 bridgehead atoms. The number of benzene rings is 5. The number of hydrogen-bond donors (Lipinski definition) is 3. The lowest BCUT2D eigenvalue weighted by Gasteiger charge is -2.43. The average Bonchev–Trinajstić information content (AvgIpc) is 3.10. The number of anilines is 3. The Morgan fingerprint density at radius 3 is 1.17 bits per heavy atom. The van der Waals surface area contributed by atoms with Gasteiger partial charge in [-0.05, 0) is 24.3 Å². The number of hydrogen-bond acceptors (Lipinski definition) is 10. The zero-order valence-corrected chi connectivity index (χ0v) is 25.1. The Bertz CT molecular complexity index is 1980. The third-order valence-electron chi connectivity index (χ3n) is 8.55. The van der Waals surface area contributed by atoms with Gasteiger partial charge in [0.05, 0.1) is 42.5 Å². The minimum absolute atomic E-state index is 0.192. The maximum atomic E-state index is 13.7. The summed E-state index contributed by atoms with van der Waals surface area (Å²) in [5, 5.41) is 5.73. The Balaban J connectivity index is 1.12. The average molecular weight is 621 g/mol. The molecule has 0 aromatic heterocycles. The number of carbonyl (C=O) groups excluding carboxylic acids is 4. The highest BCUT2D eigenvalue weighted by atomic mass is 16.1. The molecule has 1 saturated heterocycles. The van der Waals surface area contributed by atoms with Gasteiger partial charge in [0.15, 0.2) is 23.1 Å². The van der Waals surface area contributed by atoms with Crippen molar-refractivity contribution in [2.24, 2.45) is 0 Å². The summed E-state index contributed by atoms with van der Waals surface area (Å²) in [5.74, 6) is -0.821. The number of carbonyl (C=O) groups is 4. The van der Waals surface area contributed by atoms with Gasteiger partial charge in [-0.2, -0.15) is 15.0 Å². The molecule has 3 aliphatic rings. The largest absolute Gasteiger partial charge is 0.316 e. The maximum Gasteiger partial charge on any atom is 0.196 e. The summed E-state index contributed by atoms with van der Waals surface area (Å²) < 4.78 is 0. The second-order valence-electron chi connectivity index (χ2n) is 11.6. The SMILES string of the molecule is O=C1c2ccccc2C(=O)c2c(NN3CN(Nc4ccccc4)CN(Nc4cccc5c4C(=O)c4ccccc4C5=O)C3)cccc21. The number of nitrogens with one attached hydrogen (secondary N) is 3. The normalized spacial score (nSPS) is 16.2. The summed E-state index contributed by atoms with van der Waals surface area (Å²) in [6.45, 7) is 1.07. The van der Waals surface area contributed by atoms with Crippen LogP contribution in [0.5, 0.6) is 0 Å². The predicted molar refractivity (Wildman–Crippen MR) is 177 cm³/mol. The summed E-state index contributed by atoms with van der Waals surface area (Å²) >= 11 is 0. The molecule has 1 heterocycles. The first-order chi connectivity index (χ1) is 23.0. The van der Waals surface area contributed by atoms with Crippen LogP contribution in [-0.4, -0.2) is 58.2 Å². The lowest BCUT2D eigenvalue weighted by Crippen LogP contribution is -2.59. The van der Waals surface area contributed by atoms with E-state index in [-0.39, 0.29) is 23.1 Å². The summed E-state index contributed by atoms with van der Waals surface area (Å²) in [7, 11) is 0. The number of ketones is 4. The number of hydrazine groups is 3. The Kier molecular flexibility index (Phi) is 6.95. The molecule has 8 rings (SSSR count). The van der Waals surface area contributed by atoms with Crippen LogP contribution in [0.25, 0.3) is 0 Å². The Labute approximate surface area is 270 Å². The van der Waals surface area contributed by atoms with Gasteiger partial charge in [-0.3, -0.25) is 19.2 Å². The van der Waals surface area contributed by atoms with Crippen LogP contribution < -0.4 is 16.3 Å². The first kappa shape index (κ1) is 28.5. The molecule has 0 atom stereocenters. The van der Waals surface area contributed by atoms with Gasteiger partial charge in [-0.15, -0.1) is 0 Å². The fourth-order valence-corrected chi connectivity index (χ4v) is 6.48. The van der Waals surface area contributed by atoms with E-state index in [1.165, 1.54) is 0 Å². The third kappa shape index (κ3) is 4.97. The van der Waals surface area contributed by atoms with Crippen LogP contribution in [0.1, 0.15) is 63.7 Å². The van der Waals surface area contributed by atoms with Crippen molar-refractivity contribution >= 4 is 40.2 Å². The van der Waals surface area contributed by atoms with E-state index in [9.17, 15) is 19.2 Å². The van der Waals surface area contributed by atoms with E-state index in [0.717, 1.165) is 5.69 Å². The smallest absolute Gasteiger partial charge is 0.196 e. The zero-order valence-electron chi connectivity index (χ0n) is 25.1. The Hall–Kier alpha value is -5.94. The molecule has 1 fully saturated rings. The standard InChI is InChI=1S/C37H28N6O4/c44-34-24-12-4-6-14-26(24)36(46)32-28(34)16-8-18-30(32)39-42-20-41(38-23-10-2-1-3-11-23)21-43(22-42)40-31-19-9-17-29-33(31)37(47)27-15-7-5-13-25(27)35(29)45/h1-19,38-40H,20-22H2. The van der Waals surface area contributed by atoms with Gasteiger partial charge in [-0.1, -0.05) is 91.0 Å². The van der Waals surface area contributed by atoms with Crippen molar-refractivity contribution < 1.29 is 19.2 Å². The predicted octanol–water partition coefficient (Wildman–Crippen LogP) is 5.41. The minimum atomic E-state index is -0.219. The summed E-state index contributed by atoms with van der Waals surface area (Å²) in [4.78, 5) is 54.1. The van der Waals surface area contributed by atoms with Crippen molar-refractivity contribution in [2.75, 3.05) is 36.3 Å². The quantitative estimate of drug-likeness (QED) is 0.223. The van der Waals surface area contributed by atoms with E-state index >= 15 is 0 Å². The first-order valence-corrected chi connectivity index (χ1v) is 15.2. The van der Waals surface area contributed by atoms with Gasteiger partial charge in [0, 0.05) is 39.1 Å². The number of nitrogens with zero attached hydrogens (tertiary/aromatic N) is 3. The monoisotopic (exact) mass is 620 g/mol. The van der Waals surface area contributed by atoms with Crippen LogP contribution in [0.3, 0.4) is 0 Å². The van der Waals surface area contributed by atoms with Crippen LogP contribution in [0.15, 0.2) is 115 Å². The molecule has 0 saturated carbocycles. The van der Waals surface area contributed by atoms with Gasteiger partial charge in [0.25, 0.3) is 0 Å². The van der Waals surface area contributed by atoms with Gasteiger partial charge >= 0.3 is 0 Å². The number of fused-ring (bicyclic) bond motifs is 4. The Morgan fingerprint density at radius 2 is 0.723 bits per heavy atom. The first-order valence-electron chi connectivity index (χ1n) is 15.2. The lowest BCUT2D eigenvalue weighted by molar-refractivity contribution is 0.0125. The summed E-state index contributed by atoms with van der Waals surface area (Å²) in [5.41, 5.74) is 15.0. The van der Waals surface area contributed by atoms with Crippen LogP contribution in [0.2, 0.25) is 0 Å². The van der Waals surface area contributed by atoms with Crippen LogP contribution in [-0.2, 0) is 0 Å². The Morgan fingerprint density at radius 1 is 0.362 bits per heavy atom. The molecule has 0 amide bonds. The van der Waals surface area contributed by atoms with Crippen LogP contribution >= 0.6 is 0 Å². The van der Waals surface area contributed by atoms with E-state index < -0.39 is 0 Å². The molecule has 0 radical (unpaired) electrons. The molecule has 10 heteroatoms. The second-order valence-corrected chi connectivity index (χ2v) is 11.6. The fourth-order valence-electron chi connectivity index (χ4n) is 6.48. The molecule has 5 aromatic carbocycles. The van der Waals surface area contributed by atoms with Gasteiger partial charge < -0.3 is 16.3 Å². The van der Waals surface area contributed by atoms with E-state index in [2.05, 4.69) is 16.3 Å². The van der Waals surface area contributed by atoms with Gasteiger partial charge in [0.1, 0.15) is 0 Å². The highest BCUT2D eigenvalue weighted by molar-refractivity contribution is 6.31. The van der Waals surface area contributed by atoms with E-state index in [1.54, 1.807) is 84.9 Å². The van der Waals surface area contributed by atoms with Crippen molar-refractivity contribution in [3.63, 3.8) is 0 Å². The highest BCUT2D eigenvalue weighted by Gasteiger charge is 2.34. The van der Waals surface area contributed by atoms with Crippen molar-refractivity contribution in [1.29, 1.82) is 0 Å². The molecule has 10 nitrogen and oxygen atoms in total. The van der Waals surface area contributed by atoms with Gasteiger partial charge in [-0.25, -0.2) is 0 Å². The summed E-state index contributed by atoms with van der Waals surface area (Å²) in [6, 6.07) is 33.9. The van der Waals surface area contributed by atoms with Crippen molar-refractivity contribution in [2.45, 2.75) is 0 Å². The topological polar surface area (TPSA) is 114 Å². The second kappa shape index (κ2) is 11.5. The zero-order chi connectivity index (χ0) is 32.1. The van der Waals surface area contributed by atoms with Crippen LogP contribution in [0, 0.1) is 0 Å². The molecular weight excluding hydrogens is 592 g/mol. The van der Waals surface area contributed by atoms with E-state index in [0.29, 0.717) is 75.9 Å². The fraction of sp³-hybridized carbons (Fsp3) is 0.0811. The van der Waals surface area contributed by atoms with Crippen molar-refractivity contribution in [1.82, 2.24) is 15.0 Å². The molecule has 1 aliphatic heterocycles. The molecule has 0 spiro atoms. The third-order valence-corrected chi connectivity index (χ3v) is 8.55. The molecular formula is C37H28N6O4. The maximum absolute atomic E-state index is 13.7. The summed E-state index contributed by atoms with van der Waals surface area (Å²) in [6.07, 6.45) is 0. The molecule has 47 heavy (non-hydrogen) atoms. The van der Waals surface area contributed by atoms with Crippen molar-refractivity contribution in [3.8, 4) is 0 Å². The van der Waals surface area contributed by atoms with Crippen molar-refractivity contribution in [3.05, 3.63) is 160 Å². The number of para-hydroxylation sites is 1. The van der Waals surface area contributed by atoms with Crippen LogP contribution in [0.4, 0.5) is 17.1 Å². The minimum Gasteiger partial charge on any atom is -0.316 e. The number of rotatable bonds is 6. The van der Waals surface area contributed by atoms with Gasteiger partial charge in [0.2, 0.25) is 0 Å². The lowest BCUT2D eigenvalue weighted by atomic mass is 9.83.